The number of benzene rings is 1. The maximum Gasteiger partial charge on any atom is 0.258 e. The molecule has 1 amide bonds. The number of ether oxygens (including phenoxy) is 1. The van der Waals surface area contributed by atoms with Gasteiger partial charge in [-0.25, -0.2) is 9.97 Å². The van der Waals surface area contributed by atoms with Crippen molar-refractivity contribution in [2.45, 2.75) is 26.7 Å². The first-order chi connectivity index (χ1) is 12.1. The largest absolute Gasteiger partial charge is 0.495 e. The summed E-state index contributed by atoms with van der Waals surface area (Å²) in [5.41, 5.74) is 0.974. The molecule has 0 fully saturated rings. The number of carbonyl (C=O) groups excluding carboxylic acids is 1. The van der Waals surface area contributed by atoms with Crippen LogP contribution in [0.1, 0.15) is 37.0 Å². The maximum absolute atomic E-state index is 12.3. The van der Waals surface area contributed by atoms with Gasteiger partial charge in [0.25, 0.3) is 5.91 Å². The standard InChI is InChI=1S/C18H23ClN4O2/c1-4-8-23(9-5-2)18-20-11-13(12-21-18)17(24)22-14-6-7-16(25-3)15(19)10-14/h6-7,10-12H,4-5,8-9H2,1-3H3,(H,22,24). The SMILES string of the molecule is CCCN(CCC)c1ncc(C(=O)Nc2ccc(OC)c(Cl)c2)cn1. The van der Waals surface area contributed by atoms with Crippen molar-refractivity contribution in [3.8, 4) is 5.75 Å². The number of anilines is 2. The van der Waals surface area contributed by atoms with E-state index < -0.39 is 0 Å². The Morgan fingerprint density at radius 2 is 1.84 bits per heavy atom. The Labute approximate surface area is 153 Å². The second-order valence-electron chi connectivity index (χ2n) is 5.56. The van der Waals surface area contributed by atoms with Gasteiger partial charge in [-0.05, 0) is 31.0 Å². The van der Waals surface area contributed by atoms with Crippen LogP contribution in [0.25, 0.3) is 0 Å². The molecule has 0 saturated carbocycles. The number of carbonyl (C=O) groups is 1. The summed E-state index contributed by atoms with van der Waals surface area (Å²) in [4.78, 5) is 23.1. The number of hydrogen-bond acceptors (Lipinski definition) is 5. The van der Waals surface area contributed by atoms with Gasteiger partial charge in [0.05, 0.1) is 17.7 Å². The minimum atomic E-state index is -0.287. The van der Waals surface area contributed by atoms with Crippen molar-refractivity contribution < 1.29 is 9.53 Å². The molecule has 0 saturated heterocycles. The van der Waals surface area contributed by atoms with E-state index >= 15 is 0 Å². The Bertz CT molecular complexity index is 701. The Morgan fingerprint density at radius 3 is 2.36 bits per heavy atom. The molecule has 7 heteroatoms. The van der Waals surface area contributed by atoms with Crippen molar-refractivity contribution in [2.24, 2.45) is 0 Å². The van der Waals surface area contributed by atoms with Crippen molar-refractivity contribution in [2.75, 3.05) is 30.4 Å². The number of amides is 1. The zero-order chi connectivity index (χ0) is 18.2. The number of halogens is 1. The summed E-state index contributed by atoms with van der Waals surface area (Å²) in [6, 6.07) is 5.06. The second kappa shape index (κ2) is 9.22. The Hall–Kier alpha value is -2.34. The van der Waals surface area contributed by atoms with Crippen molar-refractivity contribution in [3.05, 3.63) is 41.2 Å². The molecule has 0 aliphatic carbocycles. The molecule has 0 atom stereocenters. The fourth-order valence-corrected chi connectivity index (χ4v) is 2.66. The first-order valence-corrected chi connectivity index (χ1v) is 8.68. The average molecular weight is 363 g/mol. The minimum Gasteiger partial charge on any atom is -0.495 e. The first kappa shape index (κ1) is 19.0. The summed E-state index contributed by atoms with van der Waals surface area (Å²) in [5, 5.41) is 3.21. The highest BCUT2D eigenvalue weighted by atomic mass is 35.5. The van der Waals surface area contributed by atoms with E-state index in [9.17, 15) is 4.79 Å². The molecule has 0 aliphatic rings. The molecule has 1 aromatic carbocycles. The molecule has 134 valence electrons. The van der Waals surface area contributed by atoms with Gasteiger partial charge in [-0.2, -0.15) is 0 Å². The van der Waals surface area contributed by atoms with Crippen LogP contribution >= 0.6 is 11.6 Å². The van der Waals surface area contributed by atoms with Gasteiger partial charge >= 0.3 is 0 Å². The summed E-state index contributed by atoms with van der Waals surface area (Å²) >= 11 is 6.07. The van der Waals surface area contributed by atoms with Crippen molar-refractivity contribution in [3.63, 3.8) is 0 Å². The summed E-state index contributed by atoms with van der Waals surface area (Å²) < 4.78 is 5.10. The molecule has 0 spiro atoms. The monoisotopic (exact) mass is 362 g/mol. The fraction of sp³-hybridized carbons (Fsp3) is 0.389. The van der Waals surface area contributed by atoms with Crippen LogP contribution in [-0.2, 0) is 0 Å². The summed E-state index contributed by atoms with van der Waals surface area (Å²) in [6.45, 7) is 6.02. The number of nitrogens with zero attached hydrogens (tertiary/aromatic N) is 3. The predicted octanol–water partition coefficient (Wildman–Crippen LogP) is 4.02. The highest BCUT2D eigenvalue weighted by Gasteiger charge is 2.12. The van der Waals surface area contributed by atoms with Gasteiger partial charge in [0.15, 0.2) is 0 Å². The van der Waals surface area contributed by atoms with Crippen LogP contribution in [0.15, 0.2) is 30.6 Å². The number of nitrogens with one attached hydrogen (secondary N) is 1. The zero-order valence-electron chi connectivity index (χ0n) is 14.8. The normalized spacial score (nSPS) is 10.4. The molecule has 6 nitrogen and oxygen atoms in total. The van der Waals surface area contributed by atoms with E-state index in [1.54, 1.807) is 37.7 Å². The predicted molar refractivity (Wildman–Crippen MR) is 101 cm³/mol. The molecule has 2 rings (SSSR count). The molecule has 0 unspecified atom stereocenters. The molecular formula is C18H23ClN4O2. The molecule has 0 bridgehead atoms. The van der Waals surface area contributed by atoms with Gasteiger partial charge in [-0.1, -0.05) is 25.4 Å². The smallest absolute Gasteiger partial charge is 0.258 e. The van der Waals surface area contributed by atoms with Gasteiger partial charge in [-0.15, -0.1) is 0 Å². The molecule has 25 heavy (non-hydrogen) atoms. The van der Waals surface area contributed by atoms with E-state index in [0.29, 0.717) is 28.0 Å². The molecule has 1 aromatic heterocycles. The van der Waals surface area contributed by atoms with E-state index in [-0.39, 0.29) is 5.91 Å². The van der Waals surface area contributed by atoms with E-state index in [1.807, 2.05) is 0 Å². The third-order valence-electron chi connectivity index (χ3n) is 3.58. The van der Waals surface area contributed by atoms with Crippen LogP contribution in [0.4, 0.5) is 11.6 Å². The summed E-state index contributed by atoms with van der Waals surface area (Å²) in [7, 11) is 1.54. The summed E-state index contributed by atoms with van der Waals surface area (Å²) in [6.07, 6.45) is 5.12. The molecule has 2 aromatic rings. The number of hydrogen-bond donors (Lipinski definition) is 1. The van der Waals surface area contributed by atoms with Crippen molar-refractivity contribution in [1.29, 1.82) is 0 Å². The van der Waals surface area contributed by atoms with Crippen LogP contribution in [-0.4, -0.2) is 36.1 Å². The third kappa shape index (κ3) is 5.06. The van der Waals surface area contributed by atoms with Crippen LogP contribution in [0, 0.1) is 0 Å². The molecule has 1 heterocycles. The van der Waals surface area contributed by atoms with Crippen LogP contribution in [0.2, 0.25) is 5.02 Å². The minimum absolute atomic E-state index is 0.287. The highest BCUT2D eigenvalue weighted by Crippen LogP contribution is 2.27. The van der Waals surface area contributed by atoms with E-state index in [2.05, 4.69) is 34.0 Å². The topological polar surface area (TPSA) is 67.4 Å². The average Bonchev–Trinajstić information content (AvgIpc) is 2.62. The third-order valence-corrected chi connectivity index (χ3v) is 3.88. The molecule has 0 aliphatic heterocycles. The van der Waals surface area contributed by atoms with E-state index in [4.69, 9.17) is 16.3 Å². The van der Waals surface area contributed by atoms with Gasteiger partial charge < -0.3 is 15.0 Å². The Kier molecular flexibility index (Phi) is 7.01. The number of methoxy groups -OCH3 is 1. The molecule has 0 radical (unpaired) electrons. The number of rotatable bonds is 8. The fourth-order valence-electron chi connectivity index (χ4n) is 2.40. The van der Waals surface area contributed by atoms with Gasteiger partial charge in [0, 0.05) is 31.2 Å². The van der Waals surface area contributed by atoms with Gasteiger partial charge in [0.1, 0.15) is 5.75 Å². The Morgan fingerprint density at radius 1 is 1.20 bits per heavy atom. The lowest BCUT2D eigenvalue weighted by Crippen LogP contribution is -2.27. The lowest BCUT2D eigenvalue weighted by molar-refractivity contribution is 0.102. The summed E-state index contributed by atoms with van der Waals surface area (Å²) in [5.74, 6) is 0.914. The van der Waals surface area contributed by atoms with Crippen molar-refractivity contribution in [1.82, 2.24) is 9.97 Å². The van der Waals surface area contributed by atoms with Gasteiger partial charge in [0.2, 0.25) is 5.95 Å². The highest BCUT2D eigenvalue weighted by molar-refractivity contribution is 6.32. The Balaban J connectivity index is 2.08. The first-order valence-electron chi connectivity index (χ1n) is 8.30. The van der Waals surface area contributed by atoms with E-state index in [1.165, 1.54) is 0 Å². The second-order valence-corrected chi connectivity index (χ2v) is 5.97. The van der Waals surface area contributed by atoms with E-state index in [0.717, 1.165) is 25.9 Å². The molecular weight excluding hydrogens is 340 g/mol. The van der Waals surface area contributed by atoms with Crippen LogP contribution in [0.5, 0.6) is 5.75 Å². The van der Waals surface area contributed by atoms with Crippen molar-refractivity contribution >= 4 is 29.1 Å². The zero-order valence-corrected chi connectivity index (χ0v) is 15.5. The molecule has 1 N–H and O–H groups in total. The lowest BCUT2D eigenvalue weighted by atomic mass is 10.2. The van der Waals surface area contributed by atoms with Crippen LogP contribution in [0.3, 0.4) is 0 Å². The van der Waals surface area contributed by atoms with Gasteiger partial charge in [-0.3, -0.25) is 4.79 Å². The lowest BCUT2D eigenvalue weighted by Gasteiger charge is -2.21. The van der Waals surface area contributed by atoms with Crippen LogP contribution < -0.4 is 15.0 Å². The number of aromatic nitrogens is 2. The maximum atomic E-state index is 12.3. The quantitative estimate of drug-likeness (QED) is 0.768.